The van der Waals surface area contributed by atoms with E-state index in [1.54, 1.807) is 30.3 Å². The van der Waals surface area contributed by atoms with E-state index < -0.39 is 32.0 Å². The van der Waals surface area contributed by atoms with Crippen LogP contribution in [0.15, 0.2) is 71.9 Å². The number of sulfonamides is 2. The number of nitrogens with one attached hydrogen (secondary N) is 2. The van der Waals surface area contributed by atoms with Crippen molar-refractivity contribution in [3.8, 4) is 0 Å². The van der Waals surface area contributed by atoms with E-state index in [2.05, 4.69) is 20.0 Å². The smallest absolute Gasteiger partial charge is 0.264 e. The molecule has 3 aromatic rings. The SMILES string of the molecule is Cc1ccc(N([C@H](C)C(=O)Nc2ccc(S(=O)(=O)Nc3ncccn3)cc2)S(C)(=O)=O)cc1. The summed E-state index contributed by atoms with van der Waals surface area (Å²) in [7, 11) is -7.67. The molecule has 1 heterocycles. The highest BCUT2D eigenvalue weighted by Gasteiger charge is 2.29. The molecule has 0 aliphatic heterocycles. The lowest BCUT2D eigenvalue weighted by molar-refractivity contribution is -0.116. The van der Waals surface area contributed by atoms with Crippen molar-refractivity contribution in [3.63, 3.8) is 0 Å². The van der Waals surface area contributed by atoms with Gasteiger partial charge in [-0.3, -0.25) is 9.10 Å². The summed E-state index contributed by atoms with van der Waals surface area (Å²) in [6.45, 7) is 3.34. The Morgan fingerprint density at radius 3 is 2.06 bits per heavy atom. The maximum absolute atomic E-state index is 12.8. The van der Waals surface area contributed by atoms with E-state index in [9.17, 15) is 21.6 Å². The van der Waals surface area contributed by atoms with Crippen LogP contribution in [-0.4, -0.2) is 45.0 Å². The van der Waals surface area contributed by atoms with Gasteiger partial charge in [-0.05, 0) is 56.3 Å². The van der Waals surface area contributed by atoms with Crippen LogP contribution in [0.4, 0.5) is 17.3 Å². The van der Waals surface area contributed by atoms with E-state index in [0.717, 1.165) is 16.1 Å². The van der Waals surface area contributed by atoms with Crippen molar-refractivity contribution in [1.29, 1.82) is 0 Å². The molecular weight excluding hydrogens is 466 g/mol. The molecule has 1 atom stereocenters. The van der Waals surface area contributed by atoms with Gasteiger partial charge in [-0.25, -0.2) is 31.5 Å². The first-order chi connectivity index (χ1) is 15.5. The van der Waals surface area contributed by atoms with Gasteiger partial charge in [-0.1, -0.05) is 17.7 Å². The first-order valence-electron chi connectivity index (χ1n) is 9.74. The van der Waals surface area contributed by atoms with Gasteiger partial charge in [-0.2, -0.15) is 0 Å². The number of rotatable bonds is 8. The predicted octanol–water partition coefficient (Wildman–Crippen LogP) is 2.38. The number of aromatic nitrogens is 2. The second-order valence-electron chi connectivity index (χ2n) is 7.26. The third-order valence-corrected chi connectivity index (χ3v) is 7.19. The maximum Gasteiger partial charge on any atom is 0.264 e. The highest BCUT2D eigenvalue weighted by Crippen LogP contribution is 2.23. The third kappa shape index (κ3) is 6.05. The molecule has 0 radical (unpaired) electrons. The molecule has 12 heteroatoms. The molecule has 0 saturated heterocycles. The molecule has 0 aliphatic rings. The molecule has 0 spiro atoms. The summed E-state index contributed by atoms with van der Waals surface area (Å²) in [6, 6.07) is 12.7. The topological polar surface area (TPSA) is 138 Å². The minimum Gasteiger partial charge on any atom is -0.324 e. The number of nitrogens with zero attached hydrogens (tertiary/aromatic N) is 3. The Morgan fingerprint density at radius 2 is 1.52 bits per heavy atom. The Bertz CT molecular complexity index is 1330. The van der Waals surface area contributed by atoms with Gasteiger partial charge >= 0.3 is 0 Å². The van der Waals surface area contributed by atoms with E-state index in [4.69, 9.17) is 0 Å². The van der Waals surface area contributed by atoms with Crippen molar-refractivity contribution in [2.24, 2.45) is 0 Å². The average molecular weight is 490 g/mol. The number of carbonyl (C=O) groups is 1. The second-order valence-corrected chi connectivity index (χ2v) is 10.8. The standard InChI is InChI=1S/C21H23N5O5S2/c1-15-5-9-18(10-6-15)26(32(3,28)29)16(2)20(27)24-17-7-11-19(12-8-17)33(30,31)25-21-22-13-4-14-23-21/h4-14,16H,1-3H3,(H,24,27)(H,22,23,25)/t16-/m1/s1. The van der Waals surface area contributed by atoms with Gasteiger partial charge in [0.1, 0.15) is 6.04 Å². The first kappa shape index (κ1) is 24.1. The Hall–Kier alpha value is -3.51. The number of hydrogen-bond acceptors (Lipinski definition) is 7. The van der Waals surface area contributed by atoms with Crippen molar-refractivity contribution in [2.75, 3.05) is 20.6 Å². The van der Waals surface area contributed by atoms with Crippen LogP contribution in [0.1, 0.15) is 12.5 Å². The lowest BCUT2D eigenvalue weighted by Crippen LogP contribution is -2.45. The Balaban J connectivity index is 1.76. The zero-order valence-corrected chi connectivity index (χ0v) is 19.8. The summed E-state index contributed by atoms with van der Waals surface area (Å²) in [5, 5.41) is 2.62. The number of carbonyl (C=O) groups excluding carboxylic acids is 1. The van der Waals surface area contributed by atoms with Gasteiger partial charge in [0.15, 0.2) is 0 Å². The van der Waals surface area contributed by atoms with Gasteiger partial charge in [-0.15, -0.1) is 0 Å². The molecule has 0 unspecified atom stereocenters. The van der Waals surface area contributed by atoms with Crippen molar-refractivity contribution in [3.05, 3.63) is 72.6 Å². The van der Waals surface area contributed by atoms with Crippen LogP contribution in [0.3, 0.4) is 0 Å². The summed E-state index contributed by atoms with van der Waals surface area (Å²) in [5.74, 6) is -0.645. The Morgan fingerprint density at radius 1 is 0.939 bits per heavy atom. The molecule has 3 rings (SSSR count). The largest absolute Gasteiger partial charge is 0.324 e. The van der Waals surface area contributed by atoms with Crippen LogP contribution in [0.2, 0.25) is 0 Å². The highest BCUT2D eigenvalue weighted by atomic mass is 32.2. The lowest BCUT2D eigenvalue weighted by atomic mass is 10.2. The average Bonchev–Trinajstić information content (AvgIpc) is 2.75. The van der Waals surface area contributed by atoms with Crippen LogP contribution in [0.25, 0.3) is 0 Å². The van der Waals surface area contributed by atoms with Gasteiger partial charge in [0.2, 0.25) is 21.9 Å². The lowest BCUT2D eigenvalue weighted by Gasteiger charge is -2.28. The fourth-order valence-corrected chi connectivity index (χ4v) is 5.13. The van der Waals surface area contributed by atoms with E-state index >= 15 is 0 Å². The van der Waals surface area contributed by atoms with Crippen LogP contribution in [-0.2, 0) is 24.8 Å². The monoisotopic (exact) mass is 489 g/mol. The normalized spacial score (nSPS) is 12.6. The van der Waals surface area contributed by atoms with E-state index in [1.807, 2.05) is 6.92 Å². The van der Waals surface area contributed by atoms with Crippen molar-refractivity contribution in [1.82, 2.24) is 9.97 Å². The predicted molar refractivity (Wildman–Crippen MR) is 126 cm³/mol. The molecule has 174 valence electrons. The molecule has 1 amide bonds. The quantitative estimate of drug-likeness (QED) is 0.495. The van der Waals surface area contributed by atoms with Gasteiger partial charge < -0.3 is 5.32 Å². The zero-order chi connectivity index (χ0) is 24.2. The summed E-state index contributed by atoms with van der Waals surface area (Å²) in [6.07, 6.45) is 3.84. The number of anilines is 3. The van der Waals surface area contributed by atoms with Crippen molar-refractivity contribution >= 4 is 43.3 Å². The van der Waals surface area contributed by atoms with Gasteiger partial charge in [0.05, 0.1) is 16.8 Å². The van der Waals surface area contributed by atoms with Crippen LogP contribution in [0, 0.1) is 6.92 Å². The molecule has 0 saturated carbocycles. The first-order valence-corrected chi connectivity index (χ1v) is 13.1. The fourth-order valence-electron chi connectivity index (χ4n) is 3.00. The molecule has 1 aromatic heterocycles. The van der Waals surface area contributed by atoms with Crippen molar-refractivity contribution in [2.45, 2.75) is 24.8 Å². The molecule has 0 fully saturated rings. The minimum absolute atomic E-state index is 0.0570. The molecule has 0 aliphatic carbocycles. The third-order valence-electron chi connectivity index (χ3n) is 4.60. The Labute approximate surface area is 192 Å². The van der Waals surface area contributed by atoms with Crippen LogP contribution in [0.5, 0.6) is 0 Å². The molecule has 33 heavy (non-hydrogen) atoms. The highest BCUT2D eigenvalue weighted by molar-refractivity contribution is 7.92. The number of benzene rings is 2. The van der Waals surface area contributed by atoms with E-state index in [0.29, 0.717) is 11.4 Å². The number of aryl methyl sites for hydroxylation is 1. The zero-order valence-electron chi connectivity index (χ0n) is 18.1. The number of amides is 1. The molecule has 2 N–H and O–H groups in total. The maximum atomic E-state index is 12.8. The summed E-state index contributed by atoms with van der Waals surface area (Å²) < 4.78 is 53.0. The fraction of sp³-hybridized carbons (Fsp3) is 0.190. The molecule has 10 nitrogen and oxygen atoms in total. The molecule has 0 bridgehead atoms. The second kappa shape index (κ2) is 9.55. The summed E-state index contributed by atoms with van der Waals surface area (Å²) in [4.78, 5) is 20.4. The van der Waals surface area contributed by atoms with Crippen molar-refractivity contribution < 1.29 is 21.6 Å². The summed E-state index contributed by atoms with van der Waals surface area (Å²) in [5.41, 5.74) is 1.62. The molecule has 2 aromatic carbocycles. The van der Waals surface area contributed by atoms with Gasteiger partial charge in [0, 0.05) is 18.1 Å². The Kier molecular flexibility index (Phi) is 6.98. The van der Waals surface area contributed by atoms with Crippen LogP contribution < -0.4 is 14.3 Å². The molecular formula is C21H23N5O5S2. The van der Waals surface area contributed by atoms with E-state index in [1.165, 1.54) is 43.6 Å². The van der Waals surface area contributed by atoms with Gasteiger partial charge in [0.25, 0.3) is 10.0 Å². The van der Waals surface area contributed by atoms with Crippen LogP contribution >= 0.6 is 0 Å². The number of hydrogen-bond donors (Lipinski definition) is 2. The summed E-state index contributed by atoms with van der Waals surface area (Å²) >= 11 is 0. The minimum atomic E-state index is -3.92. The van der Waals surface area contributed by atoms with E-state index in [-0.39, 0.29) is 10.8 Å².